The summed E-state index contributed by atoms with van der Waals surface area (Å²) >= 11 is 12.5. The fourth-order valence-corrected chi connectivity index (χ4v) is 6.27. The highest BCUT2D eigenvalue weighted by Gasteiger charge is 2.37. The molecule has 0 aromatic heterocycles. The Morgan fingerprint density at radius 2 is 1.84 bits per heavy atom. The molecule has 43 heavy (non-hydrogen) atoms. The lowest BCUT2D eigenvalue weighted by molar-refractivity contribution is -0.143. The average molecular weight is 644 g/mol. The monoisotopic (exact) mass is 642 g/mol. The van der Waals surface area contributed by atoms with Gasteiger partial charge in [0.25, 0.3) is 0 Å². The predicted molar refractivity (Wildman–Crippen MR) is 163 cm³/mol. The third-order valence-electron chi connectivity index (χ3n) is 8.18. The van der Waals surface area contributed by atoms with Crippen LogP contribution in [0.2, 0.25) is 10.0 Å². The Hall–Kier alpha value is -2.37. The van der Waals surface area contributed by atoms with Gasteiger partial charge in [0.1, 0.15) is 11.7 Å². The number of anilines is 1. The Morgan fingerprint density at radius 3 is 2.47 bits per heavy atom. The van der Waals surface area contributed by atoms with E-state index in [0.717, 1.165) is 25.5 Å². The molecule has 0 aliphatic carbocycles. The lowest BCUT2D eigenvalue weighted by Crippen LogP contribution is -2.53. The third kappa shape index (κ3) is 8.85. The molecule has 1 amide bonds. The van der Waals surface area contributed by atoms with Crippen molar-refractivity contribution in [2.75, 3.05) is 57.9 Å². The predicted octanol–water partition coefficient (Wildman–Crippen LogP) is 5.21. The maximum Gasteiger partial charge on any atom is 0.416 e. The quantitative estimate of drug-likeness (QED) is 0.328. The normalized spacial score (nSPS) is 19.3. The number of piperidine rings is 1. The van der Waals surface area contributed by atoms with Crippen molar-refractivity contribution in [3.63, 3.8) is 0 Å². The highest BCUT2D eigenvalue weighted by molar-refractivity contribution is 6.35. The third-order valence-corrected chi connectivity index (χ3v) is 8.76. The first-order valence-corrected chi connectivity index (χ1v) is 15.4. The average Bonchev–Trinajstić information content (AvgIpc) is 2.99. The van der Waals surface area contributed by atoms with Crippen molar-refractivity contribution >= 4 is 40.6 Å². The number of carbonyl (C=O) groups is 2. The standard InChI is InChI=1S/C31H39Cl2F3N4O3/c1-20(19-43-2)38-18-23-14-24(31(34,35)36)6-8-28(23)39-10-12-40(13-11-39)30(42)26(29(41)22-4-3-9-37-17-22)15-21-5-7-25(32)16-27(21)33/h5-8,14,16,20,22,26,37-38H,3-4,9-13,15,17-19H2,1-2H3/t20?,22?,26-/m1/s1. The summed E-state index contributed by atoms with van der Waals surface area (Å²) < 4.78 is 45.7. The van der Waals surface area contributed by atoms with Gasteiger partial charge in [-0.2, -0.15) is 13.2 Å². The number of methoxy groups -OCH3 is 1. The lowest BCUT2D eigenvalue weighted by atomic mass is 9.83. The van der Waals surface area contributed by atoms with E-state index in [1.165, 1.54) is 12.1 Å². The van der Waals surface area contributed by atoms with Crippen LogP contribution in [0.15, 0.2) is 36.4 Å². The number of nitrogens with zero attached hydrogens (tertiary/aromatic N) is 2. The molecule has 2 saturated heterocycles. The van der Waals surface area contributed by atoms with Gasteiger partial charge in [-0.15, -0.1) is 0 Å². The molecule has 2 aliphatic heterocycles. The summed E-state index contributed by atoms with van der Waals surface area (Å²) in [5.41, 5.74) is 1.18. The van der Waals surface area contributed by atoms with Crippen molar-refractivity contribution < 1.29 is 27.5 Å². The van der Waals surface area contributed by atoms with Gasteiger partial charge < -0.3 is 25.2 Å². The SMILES string of the molecule is COCC(C)NCc1cc(C(F)(F)F)ccc1N1CCN(C(=O)[C@H](Cc2ccc(Cl)cc2Cl)C(=O)C2CCCNC2)CC1. The second-order valence-corrected chi connectivity index (χ2v) is 12.2. The second-order valence-electron chi connectivity index (χ2n) is 11.3. The molecule has 2 N–H and O–H groups in total. The van der Waals surface area contributed by atoms with Crippen LogP contribution in [0.5, 0.6) is 0 Å². The molecular formula is C31H39Cl2F3N4O3. The molecule has 236 valence electrons. The summed E-state index contributed by atoms with van der Waals surface area (Å²) in [6, 6.07) is 8.79. The highest BCUT2D eigenvalue weighted by Crippen LogP contribution is 2.34. The minimum Gasteiger partial charge on any atom is -0.383 e. The first kappa shape index (κ1) is 33.5. The van der Waals surface area contributed by atoms with Crippen LogP contribution in [-0.4, -0.2) is 75.6 Å². The number of ketones is 1. The van der Waals surface area contributed by atoms with Crippen LogP contribution in [0.3, 0.4) is 0 Å². The Balaban J connectivity index is 1.50. The minimum atomic E-state index is -4.46. The van der Waals surface area contributed by atoms with Crippen LogP contribution >= 0.6 is 23.2 Å². The number of piperazine rings is 1. The van der Waals surface area contributed by atoms with E-state index in [1.807, 2.05) is 11.8 Å². The number of alkyl halides is 3. The van der Waals surface area contributed by atoms with Gasteiger partial charge in [-0.1, -0.05) is 29.3 Å². The van der Waals surface area contributed by atoms with Gasteiger partial charge in [-0.3, -0.25) is 9.59 Å². The van der Waals surface area contributed by atoms with Crippen molar-refractivity contribution in [3.05, 3.63) is 63.1 Å². The minimum absolute atomic E-state index is 0.0511. The van der Waals surface area contributed by atoms with E-state index in [9.17, 15) is 22.8 Å². The summed E-state index contributed by atoms with van der Waals surface area (Å²) in [4.78, 5) is 31.3. The van der Waals surface area contributed by atoms with E-state index in [4.69, 9.17) is 27.9 Å². The molecule has 4 rings (SSSR count). The van der Waals surface area contributed by atoms with Crippen LogP contribution in [0, 0.1) is 11.8 Å². The first-order valence-electron chi connectivity index (χ1n) is 14.6. The van der Waals surface area contributed by atoms with Gasteiger partial charge in [0.15, 0.2) is 0 Å². The van der Waals surface area contributed by atoms with Crippen LogP contribution in [0.4, 0.5) is 18.9 Å². The van der Waals surface area contributed by atoms with Gasteiger partial charge in [0, 0.05) is 74.1 Å². The number of amides is 1. The van der Waals surface area contributed by atoms with Gasteiger partial charge >= 0.3 is 6.18 Å². The van der Waals surface area contributed by atoms with Crippen molar-refractivity contribution in [2.45, 2.75) is 44.9 Å². The summed E-state index contributed by atoms with van der Waals surface area (Å²) in [5.74, 6) is -1.48. The van der Waals surface area contributed by atoms with Gasteiger partial charge in [0.05, 0.1) is 12.2 Å². The summed E-state index contributed by atoms with van der Waals surface area (Å²) in [7, 11) is 1.57. The highest BCUT2D eigenvalue weighted by atomic mass is 35.5. The van der Waals surface area contributed by atoms with Crippen LogP contribution in [0.1, 0.15) is 36.5 Å². The zero-order valence-electron chi connectivity index (χ0n) is 24.5. The number of hydrogen-bond acceptors (Lipinski definition) is 6. The molecule has 2 aliphatic rings. The molecule has 2 heterocycles. The molecule has 12 heteroatoms. The molecule has 0 bridgehead atoms. The maximum absolute atomic E-state index is 13.9. The van der Waals surface area contributed by atoms with Gasteiger partial charge in [-0.25, -0.2) is 0 Å². The molecule has 2 aromatic rings. The lowest BCUT2D eigenvalue weighted by Gasteiger charge is -2.39. The van der Waals surface area contributed by atoms with E-state index < -0.39 is 17.7 Å². The molecule has 0 spiro atoms. The largest absolute Gasteiger partial charge is 0.416 e. The van der Waals surface area contributed by atoms with Gasteiger partial charge in [-0.05, 0) is 74.2 Å². The number of rotatable bonds is 11. The molecule has 7 nitrogen and oxygen atoms in total. The van der Waals surface area contributed by atoms with E-state index in [2.05, 4.69) is 10.6 Å². The Labute approximate surface area is 261 Å². The first-order chi connectivity index (χ1) is 20.5. The molecular weight excluding hydrogens is 604 g/mol. The number of Topliss-reactive ketones (excluding diaryl/α,β-unsaturated/α-hetero) is 1. The van der Waals surface area contributed by atoms with E-state index in [0.29, 0.717) is 66.2 Å². The number of hydrogen-bond donors (Lipinski definition) is 2. The Bertz CT molecular complexity index is 1270. The summed E-state index contributed by atoms with van der Waals surface area (Å²) in [5, 5.41) is 7.37. The number of nitrogens with one attached hydrogen (secondary N) is 2. The fourth-order valence-electron chi connectivity index (χ4n) is 5.79. The van der Waals surface area contributed by atoms with E-state index in [-0.39, 0.29) is 36.6 Å². The van der Waals surface area contributed by atoms with Crippen LogP contribution < -0.4 is 15.5 Å². The van der Waals surface area contributed by atoms with Crippen molar-refractivity contribution in [3.8, 4) is 0 Å². The van der Waals surface area contributed by atoms with Crippen molar-refractivity contribution in [1.82, 2.24) is 15.5 Å². The van der Waals surface area contributed by atoms with Crippen LogP contribution in [0.25, 0.3) is 0 Å². The Kier molecular flexibility index (Phi) is 11.8. The molecule has 2 aromatic carbocycles. The number of carbonyl (C=O) groups excluding carboxylic acids is 2. The molecule has 0 saturated carbocycles. The number of ether oxygens (including phenoxy) is 1. The van der Waals surface area contributed by atoms with Crippen molar-refractivity contribution in [2.24, 2.45) is 11.8 Å². The molecule has 2 fully saturated rings. The van der Waals surface area contributed by atoms with Gasteiger partial charge in [0.2, 0.25) is 5.91 Å². The zero-order valence-corrected chi connectivity index (χ0v) is 26.0. The Morgan fingerprint density at radius 1 is 1.09 bits per heavy atom. The molecule has 3 atom stereocenters. The summed E-state index contributed by atoms with van der Waals surface area (Å²) in [6.45, 7) is 5.47. The van der Waals surface area contributed by atoms with E-state index >= 15 is 0 Å². The fraction of sp³-hybridized carbons (Fsp3) is 0.548. The van der Waals surface area contributed by atoms with Crippen molar-refractivity contribution in [1.29, 1.82) is 0 Å². The summed E-state index contributed by atoms with van der Waals surface area (Å²) in [6.07, 6.45) is -2.69. The van der Waals surface area contributed by atoms with E-state index in [1.54, 1.807) is 30.2 Å². The topological polar surface area (TPSA) is 73.9 Å². The number of halogens is 5. The molecule has 2 unspecified atom stereocenters. The number of benzene rings is 2. The zero-order chi connectivity index (χ0) is 31.1. The second kappa shape index (κ2) is 15.1. The van der Waals surface area contributed by atoms with Crippen LogP contribution in [-0.2, 0) is 33.5 Å². The maximum atomic E-state index is 13.9. The molecule has 0 radical (unpaired) electrons. The smallest absolute Gasteiger partial charge is 0.383 e.